The molecule has 0 radical (unpaired) electrons. The number of para-hydroxylation sites is 4. The molecule has 0 atom stereocenters. The molecule has 1 heterocycles. The average molecular weight is 382 g/mol. The first-order valence-corrected chi connectivity index (χ1v) is 9.05. The highest BCUT2D eigenvalue weighted by Crippen LogP contribution is 2.29. The van der Waals surface area contributed by atoms with Gasteiger partial charge in [-0.3, -0.25) is 4.79 Å². The molecule has 142 valence electrons. The lowest BCUT2D eigenvalue weighted by atomic mass is 10.2. The van der Waals surface area contributed by atoms with Crippen molar-refractivity contribution in [2.75, 3.05) is 10.6 Å². The van der Waals surface area contributed by atoms with Gasteiger partial charge in [-0.2, -0.15) is 0 Å². The van der Waals surface area contributed by atoms with Gasteiger partial charge in [0, 0.05) is 5.69 Å². The van der Waals surface area contributed by atoms with Crippen molar-refractivity contribution in [2.24, 2.45) is 0 Å². The molecule has 0 bridgehead atoms. The molecule has 1 amide bonds. The molecule has 29 heavy (non-hydrogen) atoms. The Bertz CT molecular complexity index is 1080. The SMILES string of the molecule is O=C(Nc1ccccc1Oc1ccccc1)c1cnc(Nc2ccccc2)cn1. The molecule has 0 aliphatic rings. The van der Waals surface area contributed by atoms with Crippen molar-refractivity contribution >= 4 is 23.1 Å². The van der Waals surface area contributed by atoms with E-state index in [4.69, 9.17) is 4.74 Å². The van der Waals surface area contributed by atoms with Gasteiger partial charge in [-0.15, -0.1) is 0 Å². The van der Waals surface area contributed by atoms with Crippen molar-refractivity contribution in [3.8, 4) is 11.5 Å². The highest BCUT2D eigenvalue weighted by molar-refractivity contribution is 6.03. The molecule has 0 saturated carbocycles. The van der Waals surface area contributed by atoms with E-state index in [1.54, 1.807) is 12.1 Å². The third kappa shape index (κ3) is 4.75. The van der Waals surface area contributed by atoms with Crippen LogP contribution >= 0.6 is 0 Å². The van der Waals surface area contributed by atoms with Gasteiger partial charge in [-0.25, -0.2) is 9.97 Å². The van der Waals surface area contributed by atoms with Gasteiger partial charge in [0.2, 0.25) is 0 Å². The van der Waals surface area contributed by atoms with E-state index in [2.05, 4.69) is 20.6 Å². The number of ether oxygens (including phenoxy) is 1. The van der Waals surface area contributed by atoms with E-state index in [-0.39, 0.29) is 11.6 Å². The highest BCUT2D eigenvalue weighted by Gasteiger charge is 2.12. The molecule has 6 heteroatoms. The van der Waals surface area contributed by atoms with Crippen LogP contribution in [-0.2, 0) is 0 Å². The molecule has 0 unspecified atom stereocenters. The molecule has 0 aliphatic heterocycles. The van der Waals surface area contributed by atoms with E-state index in [1.165, 1.54) is 12.4 Å². The second-order valence-electron chi connectivity index (χ2n) is 6.14. The van der Waals surface area contributed by atoms with Crippen LogP contribution in [0.2, 0.25) is 0 Å². The lowest BCUT2D eigenvalue weighted by molar-refractivity contribution is 0.102. The van der Waals surface area contributed by atoms with Crippen LogP contribution in [0.1, 0.15) is 10.5 Å². The van der Waals surface area contributed by atoms with Gasteiger partial charge in [-0.05, 0) is 36.4 Å². The number of nitrogens with one attached hydrogen (secondary N) is 2. The van der Waals surface area contributed by atoms with Gasteiger partial charge in [0.25, 0.3) is 5.91 Å². The van der Waals surface area contributed by atoms with Crippen LogP contribution < -0.4 is 15.4 Å². The topological polar surface area (TPSA) is 76.1 Å². The molecule has 6 nitrogen and oxygen atoms in total. The van der Waals surface area contributed by atoms with Crippen LogP contribution in [0.25, 0.3) is 0 Å². The summed E-state index contributed by atoms with van der Waals surface area (Å²) in [5.41, 5.74) is 1.65. The zero-order valence-corrected chi connectivity index (χ0v) is 15.4. The molecule has 0 saturated heterocycles. The quantitative estimate of drug-likeness (QED) is 0.475. The Morgan fingerprint density at radius 2 is 1.45 bits per heavy atom. The molecular weight excluding hydrogens is 364 g/mol. The summed E-state index contributed by atoms with van der Waals surface area (Å²) >= 11 is 0. The van der Waals surface area contributed by atoms with Crippen LogP contribution in [0.3, 0.4) is 0 Å². The molecule has 0 fully saturated rings. The predicted molar refractivity (Wildman–Crippen MR) is 113 cm³/mol. The maximum atomic E-state index is 12.6. The minimum Gasteiger partial charge on any atom is -0.455 e. The summed E-state index contributed by atoms with van der Waals surface area (Å²) in [5, 5.41) is 5.96. The third-order valence-electron chi connectivity index (χ3n) is 4.04. The first-order valence-electron chi connectivity index (χ1n) is 9.05. The molecular formula is C23H18N4O2. The summed E-state index contributed by atoms with van der Waals surface area (Å²) in [6.07, 6.45) is 2.95. The summed E-state index contributed by atoms with van der Waals surface area (Å²) in [7, 11) is 0. The molecule has 1 aromatic heterocycles. The largest absolute Gasteiger partial charge is 0.455 e. The standard InChI is InChI=1S/C23H18N4O2/c28-23(20-15-25-22(16-24-20)26-17-9-3-1-4-10-17)27-19-13-7-8-14-21(19)29-18-11-5-2-6-12-18/h1-16H,(H,25,26)(H,27,28). The lowest BCUT2D eigenvalue weighted by Gasteiger charge is -2.12. The summed E-state index contributed by atoms with van der Waals surface area (Å²) in [6.45, 7) is 0. The Labute approximate surface area is 168 Å². The number of hydrogen-bond donors (Lipinski definition) is 2. The Morgan fingerprint density at radius 1 is 0.759 bits per heavy atom. The van der Waals surface area contributed by atoms with Gasteiger partial charge in [0.15, 0.2) is 5.75 Å². The molecule has 0 aliphatic carbocycles. The van der Waals surface area contributed by atoms with Crippen LogP contribution in [0, 0.1) is 0 Å². The number of anilines is 3. The minimum atomic E-state index is -0.368. The van der Waals surface area contributed by atoms with Crippen molar-refractivity contribution in [3.05, 3.63) is 103 Å². The van der Waals surface area contributed by atoms with Crippen molar-refractivity contribution < 1.29 is 9.53 Å². The van der Waals surface area contributed by atoms with Crippen LogP contribution in [0.5, 0.6) is 11.5 Å². The zero-order valence-electron chi connectivity index (χ0n) is 15.4. The monoisotopic (exact) mass is 382 g/mol. The van der Waals surface area contributed by atoms with Gasteiger partial charge in [-0.1, -0.05) is 48.5 Å². The number of benzene rings is 3. The first kappa shape index (κ1) is 18.2. The summed E-state index contributed by atoms with van der Waals surface area (Å²) in [4.78, 5) is 21.1. The van der Waals surface area contributed by atoms with E-state index >= 15 is 0 Å². The minimum absolute atomic E-state index is 0.207. The molecule has 4 aromatic rings. The molecule has 2 N–H and O–H groups in total. The highest BCUT2D eigenvalue weighted by atomic mass is 16.5. The Balaban J connectivity index is 1.46. The fourth-order valence-electron chi connectivity index (χ4n) is 2.64. The van der Waals surface area contributed by atoms with Gasteiger partial charge >= 0.3 is 0 Å². The summed E-state index contributed by atoms with van der Waals surface area (Å²) in [6, 6.07) is 26.2. The number of hydrogen-bond acceptors (Lipinski definition) is 5. The van der Waals surface area contributed by atoms with Gasteiger partial charge in [0.1, 0.15) is 17.3 Å². The van der Waals surface area contributed by atoms with E-state index in [9.17, 15) is 4.79 Å². The van der Waals surface area contributed by atoms with Crippen molar-refractivity contribution in [1.29, 1.82) is 0 Å². The number of nitrogens with zero attached hydrogens (tertiary/aromatic N) is 2. The Hall–Kier alpha value is -4.19. The van der Waals surface area contributed by atoms with E-state index in [1.807, 2.05) is 72.8 Å². The van der Waals surface area contributed by atoms with Crippen LogP contribution in [0.15, 0.2) is 97.3 Å². The third-order valence-corrected chi connectivity index (χ3v) is 4.04. The lowest BCUT2D eigenvalue weighted by Crippen LogP contribution is -2.14. The number of carbonyl (C=O) groups is 1. The normalized spacial score (nSPS) is 10.2. The Kier molecular flexibility index (Phi) is 5.43. The van der Waals surface area contributed by atoms with E-state index < -0.39 is 0 Å². The van der Waals surface area contributed by atoms with Gasteiger partial charge < -0.3 is 15.4 Å². The first-order chi connectivity index (χ1) is 14.3. The van der Waals surface area contributed by atoms with Crippen molar-refractivity contribution in [3.63, 3.8) is 0 Å². The second kappa shape index (κ2) is 8.67. The fourth-order valence-corrected chi connectivity index (χ4v) is 2.64. The fraction of sp³-hybridized carbons (Fsp3) is 0. The van der Waals surface area contributed by atoms with Crippen LogP contribution in [0.4, 0.5) is 17.2 Å². The Morgan fingerprint density at radius 3 is 2.17 bits per heavy atom. The second-order valence-corrected chi connectivity index (χ2v) is 6.14. The van der Waals surface area contributed by atoms with Crippen molar-refractivity contribution in [1.82, 2.24) is 9.97 Å². The van der Waals surface area contributed by atoms with E-state index in [0.717, 1.165) is 5.69 Å². The number of amides is 1. The number of aromatic nitrogens is 2. The average Bonchev–Trinajstić information content (AvgIpc) is 2.77. The maximum Gasteiger partial charge on any atom is 0.275 e. The summed E-state index contributed by atoms with van der Waals surface area (Å²) < 4.78 is 5.87. The zero-order chi connectivity index (χ0) is 19.9. The summed E-state index contributed by atoms with van der Waals surface area (Å²) in [5.74, 6) is 1.42. The van der Waals surface area contributed by atoms with Crippen molar-refractivity contribution in [2.45, 2.75) is 0 Å². The number of carbonyl (C=O) groups excluding carboxylic acids is 1. The van der Waals surface area contributed by atoms with Gasteiger partial charge in [0.05, 0.1) is 18.1 Å². The van der Waals surface area contributed by atoms with E-state index in [0.29, 0.717) is 23.0 Å². The molecule has 3 aromatic carbocycles. The maximum absolute atomic E-state index is 12.6. The van der Waals surface area contributed by atoms with Crippen LogP contribution in [-0.4, -0.2) is 15.9 Å². The smallest absolute Gasteiger partial charge is 0.275 e. The molecule has 4 rings (SSSR count). The molecule has 0 spiro atoms. The number of rotatable bonds is 6. The predicted octanol–water partition coefficient (Wildman–Crippen LogP) is 5.26.